The van der Waals surface area contributed by atoms with E-state index in [2.05, 4.69) is 71.4 Å². The second-order valence-corrected chi connectivity index (χ2v) is 13.0. The second kappa shape index (κ2) is 5.73. The van der Waals surface area contributed by atoms with E-state index in [-0.39, 0.29) is 0 Å². The van der Waals surface area contributed by atoms with Gasteiger partial charge in [-0.1, -0.05) is 0 Å². The Balaban J connectivity index is 1.49. The predicted molar refractivity (Wildman–Crippen MR) is 140 cm³/mol. The molecule has 0 aliphatic heterocycles. The minimum atomic E-state index is 0.377. The van der Waals surface area contributed by atoms with Crippen molar-refractivity contribution in [2.45, 2.75) is 0 Å². The zero-order valence-corrected chi connectivity index (χ0v) is 19.7. The van der Waals surface area contributed by atoms with Crippen LogP contribution in [0.25, 0.3) is 70.4 Å². The fourth-order valence-corrected chi connectivity index (χ4v) is 10.7. The van der Waals surface area contributed by atoms with Gasteiger partial charge in [0, 0.05) is 0 Å². The summed E-state index contributed by atoms with van der Waals surface area (Å²) in [5, 5.41) is 15.5. The van der Waals surface area contributed by atoms with E-state index in [1.165, 1.54) is 61.9 Å². The van der Waals surface area contributed by atoms with Crippen LogP contribution in [-0.2, 0) is 0 Å². The van der Waals surface area contributed by atoms with Crippen molar-refractivity contribution >= 4 is 119 Å². The number of rotatable bonds is 0. The van der Waals surface area contributed by atoms with Crippen LogP contribution < -0.4 is 0 Å². The van der Waals surface area contributed by atoms with E-state index in [4.69, 9.17) is 0 Å². The first-order chi connectivity index (χ1) is 14.8. The number of benzene rings is 4. The van der Waals surface area contributed by atoms with Gasteiger partial charge in [-0.2, -0.15) is 0 Å². The third-order valence-corrected chi connectivity index (χ3v) is 11.9. The van der Waals surface area contributed by atoms with Crippen molar-refractivity contribution in [2.75, 3.05) is 0 Å². The van der Waals surface area contributed by atoms with Crippen LogP contribution in [0.3, 0.4) is 0 Å². The number of hydrogen-bond donors (Lipinski definition) is 0. The van der Waals surface area contributed by atoms with Gasteiger partial charge in [-0.15, -0.1) is 0 Å². The molecule has 4 heteroatoms. The Morgan fingerprint density at radius 2 is 1.13 bits per heavy atom. The molecular formula is C26H12S3Se. The molecular weight excluding hydrogens is 487 g/mol. The Labute approximate surface area is 189 Å². The van der Waals surface area contributed by atoms with Crippen molar-refractivity contribution in [3.8, 4) is 0 Å². The fourth-order valence-electron chi connectivity index (χ4n) is 4.67. The van der Waals surface area contributed by atoms with Crippen LogP contribution in [-0.4, -0.2) is 14.5 Å². The van der Waals surface area contributed by atoms with Crippen LogP contribution >= 0.6 is 34.0 Å². The second-order valence-electron chi connectivity index (χ2n) is 7.87. The van der Waals surface area contributed by atoms with Crippen molar-refractivity contribution in [1.82, 2.24) is 0 Å². The Kier molecular flexibility index (Phi) is 3.15. The quantitative estimate of drug-likeness (QED) is 0.183. The summed E-state index contributed by atoms with van der Waals surface area (Å²) in [6.45, 7) is 0. The van der Waals surface area contributed by atoms with Gasteiger partial charge in [0.25, 0.3) is 0 Å². The van der Waals surface area contributed by atoms with E-state index in [9.17, 15) is 0 Å². The molecule has 140 valence electrons. The van der Waals surface area contributed by atoms with Gasteiger partial charge >= 0.3 is 190 Å². The molecule has 0 saturated heterocycles. The van der Waals surface area contributed by atoms with E-state index in [1.54, 1.807) is 8.52 Å². The molecule has 4 heterocycles. The van der Waals surface area contributed by atoms with Crippen molar-refractivity contribution in [3.05, 3.63) is 71.4 Å². The van der Waals surface area contributed by atoms with Crippen LogP contribution in [0.1, 0.15) is 0 Å². The van der Waals surface area contributed by atoms with Crippen LogP contribution in [0.15, 0.2) is 71.4 Å². The molecule has 0 aliphatic carbocycles. The van der Waals surface area contributed by atoms with Gasteiger partial charge in [0.15, 0.2) is 0 Å². The molecule has 0 fully saturated rings. The van der Waals surface area contributed by atoms with Crippen LogP contribution in [0, 0.1) is 0 Å². The zero-order valence-electron chi connectivity index (χ0n) is 15.6. The maximum atomic E-state index is 2.46. The van der Waals surface area contributed by atoms with Crippen LogP contribution in [0.5, 0.6) is 0 Å². The van der Waals surface area contributed by atoms with E-state index >= 15 is 0 Å². The number of fused-ring (bicyclic) bond motifs is 9. The molecule has 0 unspecified atom stereocenters. The average Bonchev–Trinajstić information content (AvgIpc) is 3.51. The summed E-state index contributed by atoms with van der Waals surface area (Å²) in [4.78, 5) is 0. The molecule has 0 aliphatic rings. The predicted octanol–water partition coefficient (Wildman–Crippen LogP) is 9.00. The molecule has 0 amide bonds. The average molecular weight is 500 g/mol. The molecule has 0 N–H and O–H groups in total. The molecule has 0 bridgehead atoms. The minimum absolute atomic E-state index is 0.377. The van der Waals surface area contributed by atoms with Gasteiger partial charge in [-0.3, -0.25) is 0 Å². The van der Waals surface area contributed by atoms with Gasteiger partial charge in [-0.25, -0.2) is 0 Å². The summed E-state index contributed by atoms with van der Waals surface area (Å²) in [5.74, 6) is 0. The zero-order chi connectivity index (χ0) is 19.4. The summed E-state index contributed by atoms with van der Waals surface area (Å²) >= 11 is 6.03. The van der Waals surface area contributed by atoms with Gasteiger partial charge in [-0.05, 0) is 0 Å². The van der Waals surface area contributed by atoms with Gasteiger partial charge in [0.2, 0.25) is 0 Å². The van der Waals surface area contributed by atoms with Crippen molar-refractivity contribution in [2.24, 2.45) is 0 Å². The third kappa shape index (κ3) is 2.16. The first-order valence-electron chi connectivity index (χ1n) is 9.81. The Bertz CT molecular complexity index is 1810. The topological polar surface area (TPSA) is 0 Å². The normalized spacial score (nSPS) is 12.7. The maximum absolute atomic E-state index is 2.46. The van der Waals surface area contributed by atoms with Gasteiger partial charge in [0.05, 0.1) is 0 Å². The van der Waals surface area contributed by atoms with E-state index in [0.29, 0.717) is 14.5 Å². The summed E-state index contributed by atoms with van der Waals surface area (Å²) in [6, 6.07) is 23.7. The first-order valence-corrected chi connectivity index (χ1v) is 14.1. The molecule has 4 aromatic heterocycles. The molecule has 30 heavy (non-hydrogen) atoms. The standard InChI is InChI=1S/C26H12S3Se/c1-3-27-21-9-17-11-23-19(7-15(17)5-13(1)21)26-25(29-23)20-8-16-6-14-2-4-28-22(14)10-18(16)12-24(20)30-26/h1-12H. The molecule has 0 spiro atoms. The van der Waals surface area contributed by atoms with Crippen LogP contribution in [0.4, 0.5) is 0 Å². The monoisotopic (exact) mass is 500 g/mol. The molecule has 8 rings (SSSR count). The SMILES string of the molecule is c1cc2cc3cc4c(cc3cc2s1)sc1c2cc3cc5ccsc5cc3cc2[se]c41. The summed E-state index contributed by atoms with van der Waals surface area (Å²) in [7, 11) is 0. The van der Waals surface area contributed by atoms with Crippen LogP contribution in [0.2, 0.25) is 0 Å². The summed E-state index contributed by atoms with van der Waals surface area (Å²) in [6.07, 6.45) is 0. The molecule has 0 radical (unpaired) electrons. The van der Waals surface area contributed by atoms with Gasteiger partial charge < -0.3 is 0 Å². The molecule has 8 aromatic rings. The first kappa shape index (κ1) is 16.5. The van der Waals surface area contributed by atoms with Crippen molar-refractivity contribution in [3.63, 3.8) is 0 Å². The van der Waals surface area contributed by atoms with Crippen molar-refractivity contribution in [1.29, 1.82) is 0 Å². The number of hydrogen-bond acceptors (Lipinski definition) is 3. The van der Waals surface area contributed by atoms with E-state index in [1.807, 2.05) is 34.0 Å². The Hall–Kier alpha value is -2.20. The Morgan fingerprint density at radius 3 is 1.87 bits per heavy atom. The Morgan fingerprint density at radius 1 is 0.533 bits per heavy atom. The summed E-state index contributed by atoms with van der Waals surface area (Å²) in [5.41, 5.74) is 0. The third-order valence-electron chi connectivity index (χ3n) is 6.14. The summed E-state index contributed by atoms with van der Waals surface area (Å²) < 4.78 is 8.84. The molecule has 0 saturated carbocycles. The van der Waals surface area contributed by atoms with E-state index in [0.717, 1.165) is 0 Å². The van der Waals surface area contributed by atoms with E-state index < -0.39 is 0 Å². The number of thiophene rings is 3. The molecule has 4 aromatic carbocycles. The molecule has 0 nitrogen and oxygen atoms in total. The van der Waals surface area contributed by atoms with Crippen molar-refractivity contribution < 1.29 is 0 Å². The molecule has 0 atom stereocenters. The van der Waals surface area contributed by atoms with Gasteiger partial charge in [0.1, 0.15) is 0 Å². The fraction of sp³-hybridized carbons (Fsp3) is 0.